The van der Waals surface area contributed by atoms with E-state index >= 15 is 0 Å². The van der Waals surface area contributed by atoms with E-state index in [9.17, 15) is 8.42 Å². The van der Waals surface area contributed by atoms with Gasteiger partial charge in [-0.15, -0.1) is 10.2 Å². The minimum atomic E-state index is -3.29. The summed E-state index contributed by atoms with van der Waals surface area (Å²) in [4.78, 5) is 7.05. The number of rotatable bonds is 11. The van der Waals surface area contributed by atoms with Crippen molar-refractivity contribution in [3.8, 4) is 0 Å². The van der Waals surface area contributed by atoms with Crippen molar-refractivity contribution in [2.75, 3.05) is 23.7 Å². The first-order chi connectivity index (χ1) is 17.9. The van der Waals surface area contributed by atoms with Gasteiger partial charge in [-0.2, -0.15) is 10.2 Å². The molecular weight excluding hydrogens is 504 g/mol. The zero-order valence-electron chi connectivity index (χ0n) is 21.2. The van der Waals surface area contributed by atoms with Crippen LogP contribution in [0.3, 0.4) is 0 Å². The second-order valence-electron chi connectivity index (χ2n) is 8.40. The monoisotopic (exact) mass is 534 g/mol. The van der Waals surface area contributed by atoms with E-state index in [1.165, 1.54) is 17.0 Å². The number of azo groups is 2. The Morgan fingerprint density at radius 3 is 1.92 bits per heavy atom. The lowest BCUT2D eigenvalue weighted by atomic mass is 10.2. The summed E-state index contributed by atoms with van der Waals surface area (Å²) in [5.41, 5.74) is 4.03. The molecule has 37 heavy (non-hydrogen) atoms. The van der Waals surface area contributed by atoms with E-state index in [1.54, 1.807) is 18.2 Å². The van der Waals surface area contributed by atoms with Crippen LogP contribution in [0.25, 0.3) is 10.2 Å². The first-order valence-electron chi connectivity index (χ1n) is 12.3. The Balaban J connectivity index is 1.41. The average molecular weight is 535 g/mol. The quantitative estimate of drug-likeness (QED) is 0.180. The van der Waals surface area contributed by atoms with Gasteiger partial charge < -0.3 is 4.90 Å². The van der Waals surface area contributed by atoms with Gasteiger partial charge in [0.1, 0.15) is 0 Å². The Bertz CT molecular complexity index is 1490. The number of unbranched alkanes of at least 4 members (excludes halogenated alkanes) is 1. The molecule has 4 rings (SSSR count). The van der Waals surface area contributed by atoms with Gasteiger partial charge in [0.2, 0.25) is 5.13 Å². The molecule has 192 valence electrons. The normalized spacial score (nSPS) is 12.2. The van der Waals surface area contributed by atoms with E-state index in [0.717, 1.165) is 29.9 Å². The van der Waals surface area contributed by atoms with Crippen LogP contribution >= 0.6 is 11.3 Å². The maximum atomic E-state index is 12.5. The van der Waals surface area contributed by atoms with Crippen LogP contribution in [0.4, 0.5) is 27.9 Å². The fourth-order valence-electron chi connectivity index (χ4n) is 3.70. The van der Waals surface area contributed by atoms with Crippen LogP contribution in [-0.2, 0) is 9.84 Å². The molecule has 4 aromatic rings. The molecular formula is C27H30N6O2S2. The molecule has 0 radical (unpaired) electrons. The van der Waals surface area contributed by atoms with E-state index in [-0.39, 0.29) is 5.75 Å². The van der Waals surface area contributed by atoms with Gasteiger partial charge in [-0.1, -0.05) is 24.7 Å². The summed E-state index contributed by atoms with van der Waals surface area (Å²) in [5, 5.41) is 17.6. The molecule has 0 aliphatic carbocycles. The Labute approximate surface area is 221 Å². The SMILES string of the molecule is CCCCS(=O)(=O)c1ccc2nc(N=Nc3ccc(N=Nc4ccc(N(CC)CC)cc4)cc3)sc2c1. The summed E-state index contributed by atoms with van der Waals surface area (Å²) in [5.74, 6) is 0.152. The van der Waals surface area contributed by atoms with Crippen LogP contribution < -0.4 is 4.90 Å². The molecule has 0 aliphatic heterocycles. The molecule has 0 aliphatic rings. The second kappa shape index (κ2) is 12.2. The molecule has 0 atom stereocenters. The summed E-state index contributed by atoms with van der Waals surface area (Å²) in [7, 11) is -3.29. The molecule has 8 nitrogen and oxygen atoms in total. The Morgan fingerprint density at radius 1 is 0.784 bits per heavy atom. The van der Waals surface area contributed by atoms with Gasteiger partial charge in [0, 0.05) is 18.8 Å². The van der Waals surface area contributed by atoms with E-state index < -0.39 is 9.84 Å². The molecule has 10 heteroatoms. The van der Waals surface area contributed by atoms with Crippen LogP contribution in [0.2, 0.25) is 0 Å². The third-order valence-corrected chi connectivity index (χ3v) is 8.54. The van der Waals surface area contributed by atoms with Crippen molar-refractivity contribution >= 4 is 59.3 Å². The molecule has 1 aromatic heterocycles. The number of hydrogen-bond donors (Lipinski definition) is 0. The molecule has 0 spiro atoms. The molecule has 0 bridgehead atoms. The number of benzene rings is 3. The number of sulfone groups is 1. The van der Waals surface area contributed by atoms with Crippen molar-refractivity contribution in [2.45, 2.75) is 38.5 Å². The lowest BCUT2D eigenvalue weighted by molar-refractivity contribution is 0.593. The van der Waals surface area contributed by atoms with Crippen LogP contribution in [0.15, 0.2) is 92.1 Å². The van der Waals surface area contributed by atoms with Gasteiger partial charge >= 0.3 is 0 Å². The van der Waals surface area contributed by atoms with E-state index in [1.807, 2.05) is 43.3 Å². The average Bonchev–Trinajstić information content (AvgIpc) is 3.34. The highest BCUT2D eigenvalue weighted by atomic mass is 32.2. The maximum Gasteiger partial charge on any atom is 0.231 e. The molecule has 3 aromatic carbocycles. The predicted molar refractivity (Wildman–Crippen MR) is 151 cm³/mol. The van der Waals surface area contributed by atoms with Crippen molar-refractivity contribution in [2.24, 2.45) is 20.5 Å². The van der Waals surface area contributed by atoms with Crippen LogP contribution in [0, 0.1) is 0 Å². The van der Waals surface area contributed by atoms with Gasteiger partial charge in [-0.3, -0.25) is 0 Å². The summed E-state index contributed by atoms with van der Waals surface area (Å²) in [6, 6.07) is 20.3. The first kappa shape index (κ1) is 26.6. The fourth-order valence-corrected chi connectivity index (χ4v) is 6.08. The van der Waals surface area contributed by atoms with E-state index in [0.29, 0.717) is 33.3 Å². The lowest BCUT2D eigenvalue weighted by Gasteiger charge is -2.20. The molecule has 1 heterocycles. The number of hydrogen-bond acceptors (Lipinski definition) is 9. The zero-order chi connectivity index (χ0) is 26.3. The van der Waals surface area contributed by atoms with Crippen LogP contribution in [0.1, 0.15) is 33.6 Å². The Kier molecular flexibility index (Phi) is 8.73. The summed E-state index contributed by atoms with van der Waals surface area (Å²) in [6.45, 7) is 8.18. The van der Waals surface area contributed by atoms with E-state index in [2.05, 4.69) is 56.3 Å². The molecule has 0 saturated carbocycles. The summed E-state index contributed by atoms with van der Waals surface area (Å²) in [6.07, 6.45) is 1.48. The van der Waals surface area contributed by atoms with Crippen LogP contribution in [-0.4, -0.2) is 32.2 Å². The predicted octanol–water partition coefficient (Wildman–Crippen LogP) is 8.55. The zero-order valence-corrected chi connectivity index (χ0v) is 22.8. The minimum absolute atomic E-state index is 0.152. The third kappa shape index (κ3) is 6.84. The van der Waals surface area contributed by atoms with Gasteiger partial charge in [-0.05, 0) is 87.0 Å². The number of thiazole rings is 1. The van der Waals surface area contributed by atoms with Crippen LogP contribution in [0.5, 0.6) is 0 Å². The molecule has 0 N–H and O–H groups in total. The summed E-state index contributed by atoms with van der Waals surface area (Å²) < 4.78 is 25.8. The van der Waals surface area contributed by atoms with Crippen molar-refractivity contribution in [1.29, 1.82) is 0 Å². The Morgan fingerprint density at radius 2 is 1.35 bits per heavy atom. The standard InChI is InChI=1S/C27H30N6O2S2/c1-4-7-18-37(34,35)24-16-17-25-26(19-24)36-27(28-25)32-31-21-10-8-20(9-11-21)29-30-22-12-14-23(15-13-22)33(5-2)6-3/h8-17,19H,4-7,18H2,1-3H3. The number of nitrogens with zero attached hydrogens (tertiary/aromatic N) is 6. The number of fused-ring (bicyclic) bond motifs is 1. The van der Waals surface area contributed by atoms with Gasteiger partial charge in [-0.25, -0.2) is 13.4 Å². The van der Waals surface area contributed by atoms with Crippen molar-refractivity contribution in [3.63, 3.8) is 0 Å². The summed E-state index contributed by atoms with van der Waals surface area (Å²) >= 11 is 1.31. The molecule has 0 unspecified atom stereocenters. The van der Waals surface area contributed by atoms with Gasteiger partial charge in [0.05, 0.1) is 37.9 Å². The number of aromatic nitrogens is 1. The van der Waals surface area contributed by atoms with Gasteiger partial charge in [0.15, 0.2) is 9.84 Å². The third-order valence-electron chi connectivity index (χ3n) is 5.83. The highest BCUT2D eigenvalue weighted by Gasteiger charge is 2.15. The first-order valence-corrected chi connectivity index (χ1v) is 14.8. The van der Waals surface area contributed by atoms with Gasteiger partial charge in [0.25, 0.3) is 0 Å². The number of anilines is 1. The fraction of sp³-hybridized carbons (Fsp3) is 0.296. The second-order valence-corrected chi connectivity index (χ2v) is 11.5. The lowest BCUT2D eigenvalue weighted by Crippen LogP contribution is -2.21. The molecule has 0 fully saturated rings. The van der Waals surface area contributed by atoms with Crippen molar-refractivity contribution in [3.05, 3.63) is 66.7 Å². The topological polar surface area (TPSA) is 99.7 Å². The van der Waals surface area contributed by atoms with Crippen molar-refractivity contribution < 1.29 is 8.42 Å². The molecule has 0 amide bonds. The van der Waals surface area contributed by atoms with Crippen molar-refractivity contribution in [1.82, 2.24) is 4.98 Å². The largest absolute Gasteiger partial charge is 0.372 e. The highest BCUT2D eigenvalue weighted by Crippen LogP contribution is 2.32. The molecule has 0 saturated heterocycles. The Hall–Kier alpha value is -3.50. The van der Waals surface area contributed by atoms with E-state index in [4.69, 9.17) is 0 Å². The maximum absolute atomic E-state index is 12.5. The minimum Gasteiger partial charge on any atom is -0.372 e. The highest BCUT2D eigenvalue weighted by molar-refractivity contribution is 7.91. The smallest absolute Gasteiger partial charge is 0.231 e.